The molecule has 0 atom stereocenters. The molecule has 3 nitrogen and oxygen atoms in total. The van der Waals surface area contributed by atoms with Crippen molar-refractivity contribution in [1.82, 2.24) is 9.97 Å². The summed E-state index contributed by atoms with van der Waals surface area (Å²) in [7, 11) is 0. The zero-order valence-corrected chi connectivity index (χ0v) is 28.7. The summed E-state index contributed by atoms with van der Waals surface area (Å²) in [4.78, 5) is 10.9. The molecule has 4 heteroatoms. The van der Waals surface area contributed by atoms with Crippen LogP contribution in [0.5, 0.6) is 0 Å². The van der Waals surface area contributed by atoms with Crippen LogP contribution >= 0.6 is 11.3 Å². The number of fused-ring (bicyclic) bond motifs is 9. The van der Waals surface area contributed by atoms with E-state index in [9.17, 15) is 0 Å². The van der Waals surface area contributed by atoms with E-state index in [0.29, 0.717) is 5.82 Å². The maximum atomic E-state index is 6.62. The largest absolute Gasteiger partial charge is 0.455 e. The molecule has 52 heavy (non-hydrogen) atoms. The van der Waals surface area contributed by atoms with Crippen molar-refractivity contribution in [3.05, 3.63) is 170 Å². The Hall–Kier alpha value is -6.62. The first-order valence-electron chi connectivity index (χ1n) is 17.5. The lowest BCUT2D eigenvalue weighted by Gasteiger charge is -2.13. The normalized spacial score (nSPS) is 11.8. The van der Waals surface area contributed by atoms with E-state index in [1.165, 1.54) is 30.9 Å². The fourth-order valence-electron chi connectivity index (χ4n) is 7.80. The molecule has 8 aromatic carbocycles. The molecular weight excluding hydrogens is 653 g/mol. The van der Waals surface area contributed by atoms with Gasteiger partial charge in [0.2, 0.25) is 0 Å². The smallest absolute Gasteiger partial charge is 0.161 e. The average Bonchev–Trinajstić information content (AvgIpc) is 3.79. The lowest BCUT2D eigenvalue weighted by atomic mass is 9.97. The van der Waals surface area contributed by atoms with Gasteiger partial charge in [-0.15, -0.1) is 11.3 Å². The zero-order valence-electron chi connectivity index (χ0n) is 27.9. The second-order valence-electron chi connectivity index (χ2n) is 13.3. The first kappa shape index (κ1) is 29.1. The number of benzene rings is 8. The molecule has 0 radical (unpaired) electrons. The molecule has 0 saturated carbocycles. The van der Waals surface area contributed by atoms with Gasteiger partial charge in [0.25, 0.3) is 0 Å². The molecule has 11 rings (SSSR count). The number of thiophene rings is 1. The first-order chi connectivity index (χ1) is 25.7. The molecule has 0 aliphatic carbocycles. The van der Waals surface area contributed by atoms with Crippen molar-refractivity contribution in [2.24, 2.45) is 0 Å². The van der Waals surface area contributed by atoms with Crippen molar-refractivity contribution in [1.29, 1.82) is 0 Å². The molecule has 0 amide bonds. The van der Waals surface area contributed by atoms with Gasteiger partial charge in [0.15, 0.2) is 5.82 Å². The predicted octanol–water partition coefficient (Wildman–Crippen LogP) is 13.7. The van der Waals surface area contributed by atoms with E-state index < -0.39 is 0 Å². The van der Waals surface area contributed by atoms with Crippen LogP contribution in [0.2, 0.25) is 0 Å². The molecule has 0 aliphatic rings. The second-order valence-corrected chi connectivity index (χ2v) is 14.4. The van der Waals surface area contributed by atoms with E-state index in [1.807, 2.05) is 11.3 Å². The number of furan rings is 1. The Morgan fingerprint density at radius 2 is 1.15 bits per heavy atom. The number of nitrogens with zero attached hydrogens (tertiary/aromatic N) is 2. The lowest BCUT2D eigenvalue weighted by molar-refractivity contribution is 0.673. The van der Waals surface area contributed by atoms with Crippen LogP contribution < -0.4 is 0 Å². The van der Waals surface area contributed by atoms with Crippen LogP contribution in [0.1, 0.15) is 0 Å². The van der Waals surface area contributed by atoms with E-state index in [1.54, 1.807) is 0 Å². The fraction of sp³-hybridized carbons (Fsp3) is 0. The third kappa shape index (κ3) is 4.58. The molecular formula is C48H28N2OS. The number of hydrogen-bond acceptors (Lipinski definition) is 4. The Balaban J connectivity index is 1.23. The minimum atomic E-state index is 0.697. The SMILES string of the molecule is c1ccc(-c2cc(-c3nc(-c4ccc5ccccc5c4)cc(-c4cccc5oc6c7ccccc7ccc6c45)n3)c3c(c2)sc2ccccc23)cc1. The standard InChI is InChI=1S/C48H28N2OS/c1-2-11-29(12-3-1)34-26-39(46-37-17-8-9-20-43(37)52-44(46)27-34)48-49-40(33-22-21-30-13-4-5-15-32(30)25-33)28-41(50-48)36-18-10-19-42-45(36)38-24-23-31-14-6-7-16-35(31)47(38)51-42/h1-28H. The highest BCUT2D eigenvalue weighted by molar-refractivity contribution is 7.26. The molecule has 0 bridgehead atoms. The van der Waals surface area contributed by atoms with Crippen LogP contribution in [-0.4, -0.2) is 9.97 Å². The van der Waals surface area contributed by atoms with Crippen LogP contribution in [0.3, 0.4) is 0 Å². The molecule has 0 fully saturated rings. The maximum Gasteiger partial charge on any atom is 0.161 e. The molecule has 3 heterocycles. The van der Waals surface area contributed by atoms with Crippen LogP contribution in [0, 0.1) is 0 Å². The summed E-state index contributed by atoms with van der Waals surface area (Å²) < 4.78 is 9.09. The third-order valence-electron chi connectivity index (χ3n) is 10.3. The van der Waals surface area contributed by atoms with Gasteiger partial charge in [-0.2, -0.15) is 0 Å². The van der Waals surface area contributed by atoms with Gasteiger partial charge >= 0.3 is 0 Å². The molecule has 0 unspecified atom stereocenters. The zero-order chi connectivity index (χ0) is 34.2. The minimum absolute atomic E-state index is 0.697. The van der Waals surface area contributed by atoms with Crippen molar-refractivity contribution >= 4 is 75.0 Å². The highest BCUT2D eigenvalue weighted by Crippen LogP contribution is 2.44. The van der Waals surface area contributed by atoms with Gasteiger partial charge in [0.05, 0.1) is 11.4 Å². The molecule has 242 valence electrons. The van der Waals surface area contributed by atoms with E-state index in [0.717, 1.165) is 71.9 Å². The number of rotatable bonds is 4. The van der Waals surface area contributed by atoms with Gasteiger partial charge in [0, 0.05) is 53.0 Å². The summed E-state index contributed by atoms with van der Waals surface area (Å²) in [5.41, 5.74) is 8.85. The highest BCUT2D eigenvalue weighted by Gasteiger charge is 2.21. The van der Waals surface area contributed by atoms with Gasteiger partial charge in [-0.05, 0) is 69.8 Å². The van der Waals surface area contributed by atoms with Crippen LogP contribution in [0.15, 0.2) is 174 Å². The Morgan fingerprint density at radius 3 is 2.06 bits per heavy atom. The van der Waals surface area contributed by atoms with Crippen LogP contribution in [0.4, 0.5) is 0 Å². The summed E-state index contributed by atoms with van der Waals surface area (Å²) in [6, 6.07) is 60.1. The van der Waals surface area contributed by atoms with Crippen LogP contribution in [0.25, 0.3) is 109 Å². The quantitative estimate of drug-likeness (QED) is 0.186. The molecule has 0 spiro atoms. The topological polar surface area (TPSA) is 38.9 Å². The van der Waals surface area contributed by atoms with Crippen molar-refractivity contribution in [2.45, 2.75) is 0 Å². The van der Waals surface area contributed by atoms with E-state index in [4.69, 9.17) is 14.4 Å². The third-order valence-corrected chi connectivity index (χ3v) is 11.4. The van der Waals surface area contributed by atoms with E-state index in [-0.39, 0.29) is 0 Å². The van der Waals surface area contributed by atoms with Gasteiger partial charge in [-0.3, -0.25) is 0 Å². The van der Waals surface area contributed by atoms with Crippen molar-refractivity contribution in [3.63, 3.8) is 0 Å². The summed E-state index contributed by atoms with van der Waals surface area (Å²) in [6.45, 7) is 0. The Kier molecular flexibility index (Phi) is 6.42. The number of hydrogen-bond donors (Lipinski definition) is 0. The van der Waals surface area contributed by atoms with Gasteiger partial charge in [-0.25, -0.2) is 9.97 Å². The highest BCUT2D eigenvalue weighted by atomic mass is 32.1. The molecule has 0 N–H and O–H groups in total. The van der Waals surface area contributed by atoms with Crippen molar-refractivity contribution in [3.8, 4) is 45.0 Å². The van der Waals surface area contributed by atoms with Crippen molar-refractivity contribution < 1.29 is 4.42 Å². The fourth-order valence-corrected chi connectivity index (χ4v) is 8.97. The average molecular weight is 681 g/mol. The predicted molar refractivity (Wildman–Crippen MR) is 219 cm³/mol. The monoisotopic (exact) mass is 680 g/mol. The Labute approximate surface area is 303 Å². The summed E-state index contributed by atoms with van der Waals surface area (Å²) >= 11 is 1.82. The second kappa shape index (κ2) is 11.5. The first-order valence-corrected chi connectivity index (χ1v) is 18.3. The number of aromatic nitrogens is 2. The van der Waals surface area contributed by atoms with E-state index in [2.05, 4.69) is 170 Å². The Morgan fingerprint density at radius 1 is 0.404 bits per heavy atom. The lowest BCUT2D eigenvalue weighted by Crippen LogP contribution is -1.97. The van der Waals surface area contributed by atoms with Crippen LogP contribution in [-0.2, 0) is 0 Å². The molecule has 11 aromatic rings. The summed E-state index contributed by atoms with van der Waals surface area (Å²) in [5.74, 6) is 0.697. The maximum absolute atomic E-state index is 6.62. The molecule has 3 aromatic heterocycles. The van der Waals surface area contributed by atoms with Gasteiger partial charge < -0.3 is 4.42 Å². The minimum Gasteiger partial charge on any atom is -0.455 e. The van der Waals surface area contributed by atoms with Crippen molar-refractivity contribution in [2.75, 3.05) is 0 Å². The summed E-state index contributed by atoms with van der Waals surface area (Å²) in [6.07, 6.45) is 0. The van der Waals surface area contributed by atoms with E-state index >= 15 is 0 Å². The molecule has 0 saturated heterocycles. The molecule has 0 aliphatic heterocycles. The summed E-state index contributed by atoms with van der Waals surface area (Å²) in [5, 5.41) is 9.16. The Bertz CT molecular complexity index is 3190. The van der Waals surface area contributed by atoms with Gasteiger partial charge in [0.1, 0.15) is 11.2 Å². The van der Waals surface area contributed by atoms with Gasteiger partial charge in [-0.1, -0.05) is 127 Å².